The van der Waals surface area contributed by atoms with Crippen LogP contribution in [0.15, 0.2) is 97.1 Å². The number of hydrogen-bond donors (Lipinski definition) is 2. The van der Waals surface area contributed by atoms with Crippen LogP contribution in [0.5, 0.6) is 0 Å². The predicted molar refractivity (Wildman–Crippen MR) is 169 cm³/mol. The zero-order valence-corrected chi connectivity index (χ0v) is 24.8. The summed E-state index contributed by atoms with van der Waals surface area (Å²) in [6.45, 7) is 3.93. The molecule has 2 aromatic carbocycles. The molecule has 0 aliphatic carbocycles. The number of nitrogens with two attached hydrogens (primary N) is 2. The number of anilines is 2. The van der Waals surface area contributed by atoms with Gasteiger partial charge in [0.15, 0.2) is 0 Å². The third kappa shape index (κ3) is 10.7. The first-order valence-electron chi connectivity index (χ1n) is 12.8. The van der Waals surface area contributed by atoms with Gasteiger partial charge in [-0.25, -0.2) is 9.97 Å². The molecule has 14 nitrogen and oxygen atoms in total. The number of nitrogens with zero attached hydrogens (tertiary/aromatic N) is 6. The molecule has 0 saturated heterocycles. The van der Waals surface area contributed by atoms with Gasteiger partial charge in [-0.2, -0.15) is 0 Å². The second-order valence-electron chi connectivity index (χ2n) is 9.00. The van der Waals surface area contributed by atoms with Crippen LogP contribution in [0.2, 0.25) is 0 Å². The minimum Gasteiger partial charge on any atom is -0.383 e. The number of aryl methyl sites for hydroxylation is 2. The fraction of sp³-hybridized carbons (Fsp3) is 0.0667. The van der Waals surface area contributed by atoms with Crippen molar-refractivity contribution < 1.29 is 27.2 Å². The van der Waals surface area contributed by atoms with Gasteiger partial charge in [-0.05, 0) is 61.0 Å². The van der Waals surface area contributed by atoms with Crippen molar-refractivity contribution in [1.29, 1.82) is 0 Å². The zero-order chi connectivity index (χ0) is 32.2. The van der Waals surface area contributed by atoms with Gasteiger partial charge in [-0.15, -0.1) is 0 Å². The normalized spacial score (nSPS) is 9.64. The van der Waals surface area contributed by atoms with Crippen molar-refractivity contribution in [2.45, 2.75) is 13.8 Å². The summed E-state index contributed by atoms with van der Waals surface area (Å²) < 4.78 is 0. The molecule has 0 amide bonds. The Morgan fingerprint density at radius 1 is 0.511 bits per heavy atom. The summed E-state index contributed by atoms with van der Waals surface area (Å²) >= 11 is 0. The van der Waals surface area contributed by atoms with E-state index in [0.29, 0.717) is 11.6 Å². The van der Waals surface area contributed by atoms with E-state index >= 15 is 0 Å². The van der Waals surface area contributed by atoms with E-state index in [1.807, 2.05) is 111 Å². The molecule has 45 heavy (non-hydrogen) atoms. The van der Waals surface area contributed by atoms with Crippen molar-refractivity contribution in [3.05, 3.63) is 139 Å². The van der Waals surface area contributed by atoms with Crippen LogP contribution in [0.4, 0.5) is 11.6 Å². The molecule has 233 valence electrons. The zero-order valence-electron chi connectivity index (χ0n) is 23.8. The number of hydrogen-bond acceptors (Lipinski definition) is 12. The minimum absolute atomic E-state index is 0. The van der Waals surface area contributed by atoms with Crippen LogP contribution in [-0.2, 0) is 17.1 Å². The van der Waals surface area contributed by atoms with Crippen molar-refractivity contribution in [2.24, 2.45) is 0 Å². The molecule has 0 fully saturated rings. The summed E-state index contributed by atoms with van der Waals surface area (Å²) in [6.07, 6.45) is 0. The number of aromatic nitrogens is 4. The largest absolute Gasteiger partial charge is 2.00 e. The number of pyridine rings is 4. The molecule has 6 rings (SSSR count). The Morgan fingerprint density at radius 3 is 1.18 bits per heavy atom. The summed E-state index contributed by atoms with van der Waals surface area (Å²) in [5.41, 5.74) is 17.3. The standard InChI is InChI=1S/2C15H13N3.Cu.2NO3/c2*1-10-5-4-8-13(17-10)14-9-11-6-2-3-7-12(11)15(16)18-14;;2*2-1(3)4/h2*2-9H,1H3,(H2,16,18);;;/q;;+2;2*-1. The topological polar surface area (TPSA) is 236 Å². The third-order valence-corrected chi connectivity index (χ3v) is 5.84. The van der Waals surface area contributed by atoms with Crippen LogP contribution in [0, 0.1) is 44.5 Å². The van der Waals surface area contributed by atoms with Gasteiger partial charge < -0.3 is 42.1 Å². The molecule has 4 N–H and O–H groups in total. The summed E-state index contributed by atoms with van der Waals surface area (Å²) in [5, 5.41) is 33.6. The van der Waals surface area contributed by atoms with Gasteiger partial charge in [0.2, 0.25) is 0 Å². The fourth-order valence-corrected chi connectivity index (χ4v) is 4.09. The average molecular weight is 658 g/mol. The smallest absolute Gasteiger partial charge is 0.383 e. The molecule has 0 spiro atoms. The maximum absolute atomic E-state index is 8.25. The van der Waals surface area contributed by atoms with Crippen molar-refractivity contribution in [3.63, 3.8) is 0 Å². The first-order chi connectivity index (χ1) is 20.9. The van der Waals surface area contributed by atoms with Gasteiger partial charge in [0.05, 0.1) is 32.9 Å². The first kappa shape index (κ1) is 35.3. The van der Waals surface area contributed by atoms with E-state index in [1.165, 1.54) is 0 Å². The molecule has 0 aliphatic rings. The molecule has 4 heterocycles. The second kappa shape index (κ2) is 16.6. The Bertz CT molecular complexity index is 1780. The Balaban J connectivity index is 0.000000250. The molecule has 0 bridgehead atoms. The Morgan fingerprint density at radius 2 is 0.844 bits per heavy atom. The molecule has 15 heteroatoms. The Hall–Kier alpha value is -5.92. The van der Waals surface area contributed by atoms with Gasteiger partial charge in [-0.3, -0.25) is 9.97 Å². The van der Waals surface area contributed by atoms with Gasteiger partial charge in [0, 0.05) is 22.2 Å². The molecule has 6 aromatic rings. The van der Waals surface area contributed by atoms with Crippen LogP contribution >= 0.6 is 0 Å². The number of benzene rings is 2. The van der Waals surface area contributed by atoms with Crippen LogP contribution in [-0.4, -0.2) is 30.1 Å². The summed E-state index contributed by atoms with van der Waals surface area (Å²) in [4.78, 5) is 34.3. The van der Waals surface area contributed by atoms with Crippen LogP contribution in [0.3, 0.4) is 0 Å². The van der Waals surface area contributed by atoms with E-state index in [9.17, 15) is 0 Å². The van der Waals surface area contributed by atoms with Crippen LogP contribution in [0.1, 0.15) is 11.4 Å². The number of nitrogen functional groups attached to an aromatic ring is 2. The first-order valence-corrected chi connectivity index (χ1v) is 12.8. The third-order valence-electron chi connectivity index (χ3n) is 5.84. The minimum atomic E-state index is -1.75. The van der Waals surface area contributed by atoms with E-state index in [0.717, 1.165) is 55.7 Å². The summed E-state index contributed by atoms with van der Waals surface area (Å²) in [5.74, 6) is 1.10. The molecule has 1 radical (unpaired) electrons. The van der Waals surface area contributed by atoms with Crippen LogP contribution < -0.4 is 11.5 Å². The van der Waals surface area contributed by atoms with Crippen molar-refractivity contribution in [2.75, 3.05) is 11.5 Å². The monoisotopic (exact) mass is 657 g/mol. The molecular weight excluding hydrogens is 632 g/mol. The quantitative estimate of drug-likeness (QED) is 0.126. The molecule has 0 atom stereocenters. The van der Waals surface area contributed by atoms with E-state index in [4.69, 9.17) is 42.1 Å². The van der Waals surface area contributed by atoms with Gasteiger partial charge >= 0.3 is 17.1 Å². The van der Waals surface area contributed by atoms with E-state index < -0.39 is 10.2 Å². The van der Waals surface area contributed by atoms with Gasteiger partial charge in [-0.1, -0.05) is 60.7 Å². The number of fused-ring (bicyclic) bond motifs is 2. The second-order valence-corrected chi connectivity index (χ2v) is 9.00. The molecule has 4 aromatic heterocycles. The molecule has 0 aliphatic heterocycles. The predicted octanol–water partition coefficient (Wildman–Crippen LogP) is 5.89. The fourth-order valence-electron chi connectivity index (χ4n) is 4.09. The molecular formula is C30H26CuN8O6. The van der Waals surface area contributed by atoms with E-state index in [2.05, 4.69) is 19.9 Å². The Kier molecular flexibility index (Phi) is 13.1. The van der Waals surface area contributed by atoms with Crippen molar-refractivity contribution in [1.82, 2.24) is 19.9 Å². The molecule has 0 unspecified atom stereocenters. The van der Waals surface area contributed by atoms with Crippen LogP contribution in [0.25, 0.3) is 44.3 Å². The average Bonchev–Trinajstić information content (AvgIpc) is 2.97. The van der Waals surface area contributed by atoms with Gasteiger partial charge in [0.1, 0.15) is 11.6 Å². The van der Waals surface area contributed by atoms with E-state index in [-0.39, 0.29) is 17.1 Å². The molecule has 0 saturated carbocycles. The summed E-state index contributed by atoms with van der Waals surface area (Å²) in [6, 6.07) is 31.8. The maximum Gasteiger partial charge on any atom is 2.00 e. The number of rotatable bonds is 2. The van der Waals surface area contributed by atoms with Crippen molar-refractivity contribution >= 4 is 33.2 Å². The Labute approximate surface area is 267 Å². The van der Waals surface area contributed by atoms with E-state index in [1.54, 1.807) is 0 Å². The van der Waals surface area contributed by atoms with Gasteiger partial charge in [0.25, 0.3) is 0 Å². The maximum atomic E-state index is 8.25. The summed E-state index contributed by atoms with van der Waals surface area (Å²) in [7, 11) is 0. The SMILES string of the molecule is Cc1cccc(-c2cc3ccccc3c(N)n2)n1.Cc1cccc(-c2cc3ccccc3c(N)n2)n1.O=[N+]([O-])[O-].O=[N+]([O-])[O-].[Cu+2]. The van der Waals surface area contributed by atoms with Crippen molar-refractivity contribution in [3.8, 4) is 22.8 Å².